The van der Waals surface area contributed by atoms with Gasteiger partial charge in [0.15, 0.2) is 12.4 Å². The van der Waals surface area contributed by atoms with Crippen molar-refractivity contribution in [3.8, 4) is 0 Å². The molecule has 104 valence electrons. The number of hydrogen-bond donors (Lipinski definition) is 0. The van der Waals surface area contributed by atoms with Crippen LogP contribution < -0.4 is 0 Å². The number of allylic oxidation sites excluding steroid dienone is 4. The fraction of sp³-hybridized carbons (Fsp3) is 0.333. The van der Waals surface area contributed by atoms with E-state index in [0.717, 1.165) is 0 Å². The molecule has 0 saturated carbocycles. The second-order valence-electron chi connectivity index (χ2n) is 3.80. The summed E-state index contributed by atoms with van der Waals surface area (Å²) >= 11 is 16.2. The molecule has 0 radical (unpaired) electrons. The number of rotatable bonds is 4. The first-order valence-corrected chi connectivity index (χ1v) is 6.31. The molecule has 0 spiro atoms. The van der Waals surface area contributed by atoms with Crippen LogP contribution in [0.1, 0.15) is 6.92 Å². The summed E-state index contributed by atoms with van der Waals surface area (Å²) in [6.07, 6.45) is 3.06. The van der Waals surface area contributed by atoms with Crippen molar-refractivity contribution in [2.75, 3.05) is 13.2 Å². The van der Waals surface area contributed by atoms with E-state index in [1.165, 1.54) is 6.08 Å². The predicted octanol–water partition coefficient (Wildman–Crippen LogP) is 2.89. The highest BCUT2D eigenvalue weighted by Gasteiger charge is 2.23. The van der Waals surface area contributed by atoms with Gasteiger partial charge in [0.05, 0.1) is 0 Å². The molecule has 0 aromatic rings. The zero-order valence-electron chi connectivity index (χ0n) is 10.0. The lowest BCUT2D eigenvalue weighted by molar-refractivity contribution is -0.147. The van der Waals surface area contributed by atoms with Crippen molar-refractivity contribution in [3.05, 3.63) is 35.6 Å². The van der Waals surface area contributed by atoms with Crippen LogP contribution in [0.2, 0.25) is 0 Å². The molecule has 7 heteroatoms. The maximum atomic E-state index is 11.7. The maximum Gasteiger partial charge on any atom is 0.344 e. The molecular formula is C12H11Cl3O4. The van der Waals surface area contributed by atoms with Crippen LogP contribution in [0, 0.1) is 0 Å². The minimum Gasteiger partial charge on any atom is -0.478 e. The normalized spacial score (nSPS) is 15.8. The molecule has 0 saturated heterocycles. The molecule has 0 atom stereocenters. The highest BCUT2D eigenvalue weighted by atomic mass is 35.6. The third kappa shape index (κ3) is 5.68. The first kappa shape index (κ1) is 16.1. The highest BCUT2D eigenvalue weighted by Crippen LogP contribution is 2.26. The van der Waals surface area contributed by atoms with Gasteiger partial charge < -0.3 is 9.47 Å². The van der Waals surface area contributed by atoms with Gasteiger partial charge in [-0.25, -0.2) is 4.79 Å². The van der Waals surface area contributed by atoms with Crippen molar-refractivity contribution in [1.82, 2.24) is 0 Å². The van der Waals surface area contributed by atoms with E-state index in [0.29, 0.717) is 11.1 Å². The van der Waals surface area contributed by atoms with Crippen molar-refractivity contribution in [3.63, 3.8) is 0 Å². The number of ketones is 1. The van der Waals surface area contributed by atoms with Gasteiger partial charge in [-0.1, -0.05) is 41.4 Å². The summed E-state index contributed by atoms with van der Waals surface area (Å²) in [5, 5.41) is 0. The molecule has 0 bridgehead atoms. The molecular weight excluding hydrogens is 314 g/mol. The van der Waals surface area contributed by atoms with Gasteiger partial charge in [0.25, 0.3) is 0 Å². The van der Waals surface area contributed by atoms with Gasteiger partial charge in [-0.15, -0.1) is 0 Å². The number of esters is 1. The summed E-state index contributed by atoms with van der Waals surface area (Å²) in [5.74, 6) is -1.00. The van der Waals surface area contributed by atoms with E-state index >= 15 is 0 Å². The highest BCUT2D eigenvalue weighted by molar-refractivity contribution is 6.67. The molecule has 1 aliphatic carbocycles. The van der Waals surface area contributed by atoms with E-state index in [1.807, 2.05) is 0 Å². The Balaban J connectivity index is 2.47. The monoisotopic (exact) mass is 324 g/mol. The van der Waals surface area contributed by atoms with Gasteiger partial charge >= 0.3 is 5.97 Å². The lowest BCUT2D eigenvalue weighted by atomic mass is 10.0. The number of alkyl halides is 3. The number of ether oxygens (including phenoxy) is 2. The quantitative estimate of drug-likeness (QED) is 0.589. The Hall–Kier alpha value is -0.970. The predicted molar refractivity (Wildman–Crippen MR) is 73.2 cm³/mol. The average molecular weight is 326 g/mol. The van der Waals surface area contributed by atoms with Crippen LogP contribution in [-0.4, -0.2) is 28.8 Å². The first-order chi connectivity index (χ1) is 8.69. The van der Waals surface area contributed by atoms with Gasteiger partial charge in [0, 0.05) is 5.57 Å². The van der Waals surface area contributed by atoms with Crippen LogP contribution >= 0.6 is 34.8 Å². The van der Waals surface area contributed by atoms with Crippen molar-refractivity contribution in [2.24, 2.45) is 0 Å². The Morgan fingerprint density at radius 2 is 2.00 bits per heavy atom. The van der Waals surface area contributed by atoms with E-state index in [9.17, 15) is 9.59 Å². The molecule has 0 aromatic carbocycles. The van der Waals surface area contributed by atoms with E-state index in [4.69, 9.17) is 39.5 Å². The van der Waals surface area contributed by atoms with E-state index in [2.05, 4.69) is 11.3 Å². The summed E-state index contributed by atoms with van der Waals surface area (Å²) in [4.78, 5) is 23.0. The van der Waals surface area contributed by atoms with Crippen molar-refractivity contribution in [2.45, 2.75) is 10.7 Å². The molecule has 0 aliphatic heterocycles. The lowest BCUT2D eigenvalue weighted by Crippen LogP contribution is -2.22. The second kappa shape index (κ2) is 6.46. The molecule has 4 nitrogen and oxygen atoms in total. The van der Waals surface area contributed by atoms with Gasteiger partial charge in [-0.05, 0) is 24.6 Å². The summed E-state index contributed by atoms with van der Waals surface area (Å²) < 4.78 is 8.04. The molecule has 0 heterocycles. The standard InChI is InChI=1S/C12H11Cl3O4/c1-7-3-8(2)11(17)9(4-7)18-5-10(16)19-6-12(13,14)15/h3-4H,1,5-6H2,2H3. The van der Waals surface area contributed by atoms with Crippen LogP contribution in [0.3, 0.4) is 0 Å². The third-order valence-electron chi connectivity index (χ3n) is 2.04. The molecule has 0 fully saturated rings. The summed E-state index contributed by atoms with van der Waals surface area (Å²) in [5.41, 5.74) is 1.10. The number of Topliss-reactive ketones (excluding diaryl/α,β-unsaturated/α-hetero) is 1. The molecule has 19 heavy (non-hydrogen) atoms. The van der Waals surface area contributed by atoms with Crippen molar-refractivity contribution in [1.29, 1.82) is 0 Å². The minimum absolute atomic E-state index is 0.0378. The molecule has 1 rings (SSSR count). The third-order valence-corrected chi connectivity index (χ3v) is 2.37. The summed E-state index contributed by atoms with van der Waals surface area (Å²) in [6, 6.07) is 0. The van der Waals surface area contributed by atoms with Gasteiger partial charge in [0.2, 0.25) is 9.58 Å². The fourth-order valence-electron chi connectivity index (χ4n) is 1.26. The van der Waals surface area contributed by atoms with E-state index in [1.54, 1.807) is 13.0 Å². The number of carbonyl (C=O) groups is 2. The Labute approximate surface area is 125 Å². The van der Waals surface area contributed by atoms with Crippen LogP contribution in [0.5, 0.6) is 0 Å². The smallest absolute Gasteiger partial charge is 0.344 e. The van der Waals surface area contributed by atoms with E-state index in [-0.39, 0.29) is 11.5 Å². The van der Waals surface area contributed by atoms with Gasteiger partial charge in [0.1, 0.15) is 6.61 Å². The zero-order valence-corrected chi connectivity index (χ0v) is 12.3. The second-order valence-corrected chi connectivity index (χ2v) is 6.32. The Morgan fingerprint density at radius 1 is 1.37 bits per heavy atom. The average Bonchev–Trinajstić information content (AvgIpc) is 2.28. The first-order valence-electron chi connectivity index (χ1n) is 5.18. The van der Waals surface area contributed by atoms with Gasteiger partial charge in [-0.3, -0.25) is 4.79 Å². The number of carbonyl (C=O) groups excluding carboxylic acids is 2. The molecule has 0 unspecified atom stereocenters. The lowest BCUT2D eigenvalue weighted by Gasteiger charge is -2.14. The van der Waals surface area contributed by atoms with E-state index < -0.39 is 23.0 Å². The molecule has 0 N–H and O–H groups in total. The SMILES string of the molecule is C=C1C=C(C)C(=O)C(OCC(=O)OCC(Cl)(Cl)Cl)=C1. The maximum absolute atomic E-state index is 11.7. The minimum atomic E-state index is -1.68. The fourth-order valence-corrected chi connectivity index (χ4v) is 1.43. The Kier molecular flexibility index (Phi) is 5.47. The molecule has 0 amide bonds. The van der Waals surface area contributed by atoms with Crippen LogP contribution in [0.25, 0.3) is 0 Å². The van der Waals surface area contributed by atoms with Gasteiger partial charge in [-0.2, -0.15) is 0 Å². The summed E-state index contributed by atoms with van der Waals surface area (Å²) in [6.45, 7) is 4.49. The zero-order chi connectivity index (χ0) is 14.6. The number of hydrogen-bond acceptors (Lipinski definition) is 4. The Bertz CT molecular complexity index is 472. The van der Waals surface area contributed by atoms with Crippen LogP contribution in [-0.2, 0) is 19.1 Å². The van der Waals surface area contributed by atoms with Crippen LogP contribution in [0.4, 0.5) is 0 Å². The largest absolute Gasteiger partial charge is 0.478 e. The molecule has 1 aliphatic rings. The van der Waals surface area contributed by atoms with Crippen molar-refractivity contribution >= 4 is 46.6 Å². The summed E-state index contributed by atoms with van der Waals surface area (Å²) in [7, 11) is 0. The van der Waals surface area contributed by atoms with Crippen LogP contribution in [0.15, 0.2) is 35.6 Å². The Morgan fingerprint density at radius 3 is 2.58 bits per heavy atom. The molecule has 0 aromatic heterocycles. The van der Waals surface area contributed by atoms with Crippen molar-refractivity contribution < 1.29 is 19.1 Å². The number of halogens is 3. The topological polar surface area (TPSA) is 52.6 Å².